The van der Waals surface area contributed by atoms with Crippen molar-refractivity contribution in [1.82, 2.24) is 20.6 Å². The number of hydrogen-bond donors (Lipinski definition) is 3. The van der Waals surface area contributed by atoms with Crippen LogP contribution in [0.5, 0.6) is 0 Å². The van der Waals surface area contributed by atoms with E-state index < -0.39 is 0 Å². The third kappa shape index (κ3) is 3.34. The molecule has 88 valence electrons. The Hall–Kier alpha value is -1.36. The van der Waals surface area contributed by atoms with Crippen molar-refractivity contribution >= 4 is 5.91 Å². The lowest BCUT2D eigenvalue weighted by Crippen LogP contribution is -2.28. The molecule has 1 amide bonds. The minimum atomic E-state index is 0.160. The SMILES string of the molecule is O=C(CC1CCNC1)NCCc1cnc[nH]1. The highest BCUT2D eigenvalue weighted by molar-refractivity contribution is 5.76. The first-order chi connectivity index (χ1) is 7.84. The molecule has 0 aliphatic carbocycles. The molecule has 0 spiro atoms. The normalized spacial score (nSPS) is 19.9. The Morgan fingerprint density at radius 3 is 3.25 bits per heavy atom. The molecule has 1 aromatic rings. The molecule has 1 aliphatic rings. The number of aromatic amines is 1. The summed E-state index contributed by atoms with van der Waals surface area (Å²) in [5.41, 5.74) is 1.06. The minimum absolute atomic E-state index is 0.160. The smallest absolute Gasteiger partial charge is 0.220 e. The number of carbonyl (C=O) groups excluding carboxylic acids is 1. The number of imidazole rings is 1. The largest absolute Gasteiger partial charge is 0.356 e. The summed E-state index contributed by atoms with van der Waals surface area (Å²) in [6, 6.07) is 0. The van der Waals surface area contributed by atoms with Crippen molar-refractivity contribution in [2.75, 3.05) is 19.6 Å². The third-order valence-electron chi connectivity index (χ3n) is 2.91. The van der Waals surface area contributed by atoms with Gasteiger partial charge in [-0.1, -0.05) is 0 Å². The van der Waals surface area contributed by atoms with Crippen molar-refractivity contribution < 1.29 is 4.79 Å². The number of H-pyrrole nitrogens is 1. The number of nitrogens with one attached hydrogen (secondary N) is 3. The molecule has 1 aromatic heterocycles. The Balaban J connectivity index is 1.60. The van der Waals surface area contributed by atoms with Gasteiger partial charge in [-0.15, -0.1) is 0 Å². The van der Waals surface area contributed by atoms with Gasteiger partial charge in [0, 0.05) is 31.3 Å². The van der Waals surface area contributed by atoms with Crippen molar-refractivity contribution in [2.45, 2.75) is 19.3 Å². The van der Waals surface area contributed by atoms with Crippen molar-refractivity contribution in [2.24, 2.45) is 5.92 Å². The van der Waals surface area contributed by atoms with Crippen LogP contribution < -0.4 is 10.6 Å². The molecule has 1 fully saturated rings. The fourth-order valence-corrected chi connectivity index (χ4v) is 1.98. The summed E-state index contributed by atoms with van der Waals surface area (Å²) in [5.74, 6) is 0.681. The monoisotopic (exact) mass is 222 g/mol. The van der Waals surface area contributed by atoms with Crippen LogP contribution in [0.25, 0.3) is 0 Å². The molecular weight excluding hydrogens is 204 g/mol. The van der Waals surface area contributed by atoms with E-state index in [4.69, 9.17) is 0 Å². The van der Waals surface area contributed by atoms with Crippen molar-refractivity contribution in [3.05, 3.63) is 18.2 Å². The molecule has 5 heteroatoms. The van der Waals surface area contributed by atoms with Crippen molar-refractivity contribution in [3.63, 3.8) is 0 Å². The molecule has 0 bridgehead atoms. The van der Waals surface area contributed by atoms with Crippen LogP contribution in [0.2, 0.25) is 0 Å². The molecule has 3 N–H and O–H groups in total. The van der Waals surface area contributed by atoms with E-state index in [1.54, 1.807) is 12.5 Å². The van der Waals surface area contributed by atoms with E-state index in [2.05, 4.69) is 20.6 Å². The standard InChI is InChI=1S/C11H18N4O/c16-11(5-9-1-3-12-6-9)14-4-2-10-7-13-8-15-10/h7-9,12H,1-6H2,(H,13,15)(H,14,16). The van der Waals surface area contributed by atoms with Gasteiger partial charge in [0.2, 0.25) is 5.91 Å². The van der Waals surface area contributed by atoms with E-state index in [0.717, 1.165) is 31.6 Å². The Bertz CT molecular complexity index is 317. The van der Waals surface area contributed by atoms with E-state index in [1.807, 2.05) is 0 Å². The Labute approximate surface area is 95.0 Å². The first kappa shape index (κ1) is 11.1. The summed E-state index contributed by atoms with van der Waals surface area (Å²) >= 11 is 0. The van der Waals surface area contributed by atoms with Crippen LogP contribution in [0.4, 0.5) is 0 Å². The molecule has 1 aliphatic heterocycles. The fourth-order valence-electron chi connectivity index (χ4n) is 1.98. The van der Waals surface area contributed by atoms with E-state index in [1.165, 1.54) is 0 Å². The van der Waals surface area contributed by atoms with Gasteiger partial charge >= 0.3 is 0 Å². The number of rotatable bonds is 5. The van der Waals surface area contributed by atoms with E-state index in [9.17, 15) is 4.79 Å². The zero-order valence-corrected chi connectivity index (χ0v) is 9.33. The third-order valence-corrected chi connectivity index (χ3v) is 2.91. The second kappa shape index (κ2) is 5.65. The lowest BCUT2D eigenvalue weighted by atomic mass is 10.0. The maximum absolute atomic E-state index is 11.6. The van der Waals surface area contributed by atoms with Gasteiger partial charge in [-0.25, -0.2) is 4.98 Å². The lowest BCUT2D eigenvalue weighted by Gasteiger charge is -2.08. The molecule has 5 nitrogen and oxygen atoms in total. The number of carbonyl (C=O) groups is 1. The van der Waals surface area contributed by atoms with Crippen LogP contribution in [0.1, 0.15) is 18.5 Å². The number of nitrogens with zero attached hydrogens (tertiary/aromatic N) is 1. The van der Waals surface area contributed by atoms with Gasteiger partial charge in [-0.05, 0) is 25.4 Å². The van der Waals surface area contributed by atoms with Gasteiger partial charge in [0.25, 0.3) is 0 Å². The Morgan fingerprint density at radius 1 is 1.62 bits per heavy atom. The minimum Gasteiger partial charge on any atom is -0.356 e. The van der Waals surface area contributed by atoms with E-state index >= 15 is 0 Å². The van der Waals surface area contributed by atoms with Gasteiger partial charge < -0.3 is 15.6 Å². The van der Waals surface area contributed by atoms with E-state index in [-0.39, 0.29) is 5.91 Å². The highest BCUT2D eigenvalue weighted by atomic mass is 16.1. The predicted molar refractivity (Wildman–Crippen MR) is 60.9 cm³/mol. The molecule has 0 saturated carbocycles. The van der Waals surface area contributed by atoms with Gasteiger partial charge in [0.1, 0.15) is 0 Å². The summed E-state index contributed by atoms with van der Waals surface area (Å²) in [6.45, 7) is 2.71. The molecule has 0 aromatic carbocycles. The van der Waals surface area contributed by atoms with Gasteiger partial charge in [-0.2, -0.15) is 0 Å². The molecule has 16 heavy (non-hydrogen) atoms. The molecule has 1 unspecified atom stereocenters. The van der Waals surface area contributed by atoms with Crippen LogP contribution in [0, 0.1) is 5.92 Å². The Kier molecular flexibility index (Phi) is 3.93. The highest BCUT2D eigenvalue weighted by Gasteiger charge is 2.17. The van der Waals surface area contributed by atoms with Crippen LogP contribution in [0.15, 0.2) is 12.5 Å². The summed E-state index contributed by atoms with van der Waals surface area (Å²) in [5, 5.41) is 6.20. The van der Waals surface area contributed by atoms with Gasteiger partial charge in [-0.3, -0.25) is 4.79 Å². The summed E-state index contributed by atoms with van der Waals surface area (Å²) in [6.07, 6.45) is 6.02. The topological polar surface area (TPSA) is 69.8 Å². The van der Waals surface area contributed by atoms with Crippen LogP contribution >= 0.6 is 0 Å². The van der Waals surface area contributed by atoms with Crippen molar-refractivity contribution in [1.29, 1.82) is 0 Å². The highest BCUT2D eigenvalue weighted by Crippen LogP contribution is 2.11. The van der Waals surface area contributed by atoms with Crippen LogP contribution in [-0.4, -0.2) is 35.5 Å². The average molecular weight is 222 g/mol. The average Bonchev–Trinajstić information content (AvgIpc) is 2.90. The fraction of sp³-hybridized carbons (Fsp3) is 0.636. The van der Waals surface area contributed by atoms with Gasteiger partial charge in [0.05, 0.1) is 6.33 Å². The predicted octanol–water partition coefficient (Wildman–Crippen LogP) is 0.0680. The molecule has 1 atom stereocenters. The first-order valence-corrected chi connectivity index (χ1v) is 5.79. The first-order valence-electron chi connectivity index (χ1n) is 5.79. The zero-order valence-electron chi connectivity index (χ0n) is 9.33. The zero-order chi connectivity index (χ0) is 11.2. The molecule has 2 heterocycles. The molecular formula is C11H18N4O. The lowest BCUT2D eigenvalue weighted by molar-refractivity contribution is -0.121. The maximum atomic E-state index is 11.6. The van der Waals surface area contributed by atoms with Crippen LogP contribution in [-0.2, 0) is 11.2 Å². The second-order valence-electron chi connectivity index (χ2n) is 4.24. The Morgan fingerprint density at radius 2 is 2.56 bits per heavy atom. The summed E-state index contributed by atoms with van der Waals surface area (Å²) in [4.78, 5) is 18.5. The number of hydrogen-bond acceptors (Lipinski definition) is 3. The summed E-state index contributed by atoms with van der Waals surface area (Å²) < 4.78 is 0. The summed E-state index contributed by atoms with van der Waals surface area (Å²) in [7, 11) is 0. The molecule has 1 saturated heterocycles. The quantitative estimate of drug-likeness (QED) is 0.660. The number of amides is 1. The number of aromatic nitrogens is 2. The van der Waals surface area contributed by atoms with Crippen LogP contribution in [0.3, 0.4) is 0 Å². The van der Waals surface area contributed by atoms with E-state index in [0.29, 0.717) is 18.9 Å². The molecule has 0 radical (unpaired) electrons. The van der Waals surface area contributed by atoms with Crippen molar-refractivity contribution in [3.8, 4) is 0 Å². The maximum Gasteiger partial charge on any atom is 0.220 e. The molecule has 2 rings (SSSR count). The van der Waals surface area contributed by atoms with Gasteiger partial charge in [0.15, 0.2) is 0 Å². The second-order valence-corrected chi connectivity index (χ2v) is 4.24.